The van der Waals surface area contributed by atoms with Gasteiger partial charge in [-0.1, -0.05) is 6.92 Å². The molecule has 23 heavy (non-hydrogen) atoms. The third kappa shape index (κ3) is 4.96. The van der Waals surface area contributed by atoms with Gasteiger partial charge in [0.1, 0.15) is 5.75 Å². The summed E-state index contributed by atoms with van der Waals surface area (Å²) in [6.45, 7) is 1.77. The lowest BCUT2D eigenvalue weighted by Gasteiger charge is -2.04. The van der Waals surface area contributed by atoms with E-state index in [2.05, 4.69) is 15.8 Å². The van der Waals surface area contributed by atoms with Crippen molar-refractivity contribution in [2.24, 2.45) is 5.10 Å². The molecule has 0 saturated carbocycles. The van der Waals surface area contributed by atoms with Crippen LogP contribution in [0.4, 0.5) is 5.69 Å². The summed E-state index contributed by atoms with van der Waals surface area (Å²) in [6.07, 6.45) is 1.88. The molecule has 6 heteroatoms. The molecule has 0 aliphatic heterocycles. The van der Waals surface area contributed by atoms with Crippen LogP contribution in [0.15, 0.2) is 53.6 Å². The molecule has 6 nitrogen and oxygen atoms in total. The number of anilines is 1. The van der Waals surface area contributed by atoms with E-state index in [1.807, 2.05) is 0 Å². The molecule has 2 rings (SSSR count). The van der Waals surface area contributed by atoms with Gasteiger partial charge in [-0.15, -0.1) is 0 Å². The summed E-state index contributed by atoms with van der Waals surface area (Å²) in [5.74, 6) is -0.268. The highest BCUT2D eigenvalue weighted by Crippen LogP contribution is 2.10. The Morgan fingerprint density at radius 2 is 1.74 bits per heavy atom. The molecule has 0 aromatic heterocycles. The molecule has 0 radical (unpaired) electrons. The number of benzene rings is 2. The molecule has 0 fully saturated rings. The van der Waals surface area contributed by atoms with Crippen molar-refractivity contribution in [3.05, 3.63) is 59.7 Å². The number of carbonyl (C=O) groups is 2. The van der Waals surface area contributed by atoms with Crippen LogP contribution in [0.3, 0.4) is 0 Å². The molecule has 0 bridgehead atoms. The number of nitrogens with one attached hydrogen (secondary N) is 2. The highest BCUT2D eigenvalue weighted by atomic mass is 16.3. The van der Waals surface area contributed by atoms with Crippen molar-refractivity contribution in [3.63, 3.8) is 0 Å². The summed E-state index contributed by atoms with van der Waals surface area (Å²) in [5, 5.41) is 15.7. The molecule has 2 aromatic carbocycles. The second-order valence-electron chi connectivity index (χ2n) is 4.77. The Kier molecular flexibility index (Phi) is 5.46. The van der Waals surface area contributed by atoms with E-state index in [9.17, 15) is 14.7 Å². The zero-order valence-corrected chi connectivity index (χ0v) is 12.6. The fourth-order valence-electron chi connectivity index (χ4n) is 1.74. The van der Waals surface area contributed by atoms with E-state index in [0.29, 0.717) is 17.7 Å². The zero-order chi connectivity index (χ0) is 16.7. The van der Waals surface area contributed by atoms with E-state index in [0.717, 1.165) is 5.56 Å². The van der Waals surface area contributed by atoms with Crippen LogP contribution in [0.5, 0.6) is 5.75 Å². The third-order valence-corrected chi connectivity index (χ3v) is 3.02. The number of phenolic OH excluding ortho intramolecular Hbond substituents is 1. The van der Waals surface area contributed by atoms with Crippen molar-refractivity contribution in [1.82, 2.24) is 5.43 Å². The van der Waals surface area contributed by atoms with Crippen LogP contribution >= 0.6 is 0 Å². The Labute approximate surface area is 133 Å². The van der Waals surface area contributed by atoms with Crippen LogP contribution in [0.25, 0.3) is 0 Å². The lowest BCUT2D eigenvalue weighted by Crippen LogP contribution is -2.17. The van der Waals surface area contributed by atoms with E-state index < -0.39 is 0 Å². The minimum atomic E-state index is -0.353. The SMILES string of the molecule is CCC(=O)Nc1ccc(C(=O)N/N=C\c2ccc(O)cc2)cc1. The highest BCUT2D eigenvalue weighted by Gasteiger charge is 2.05. The van der Waals surface area contributed by atoms with Gasteiger partial charge in [0, 0.05) is 17.7 Å². The first-order valence-corrected chi connectivity index (χ1v) is 7.11. The second-order valence-corrected chi connectivity index (χ2v) is 4.77. The number of hydrogen-bond donors (Lipinski definition) is 3. The van der Waals surface area contributed by atoms with Crippen LogP contribution in [0.1, 0.15) is 29.3 Å². The summed E-state index contributed by atoms with van der Waals surface area (Å²) in [4.78, 5) is 23.2. The van der Waals surface area contributed by atoms with Gasteiger partial charge in [0.25, 0.3) is 5.91 Å². The van der Waals surface area contributed by atoms with Gasteiger partial charge in [-0.2, -0.15) is 5.10 Å². The zero-order valence-electron chi connectivity index (χ0n) is 12.6. The summed E-state index contributed by atoms with van der Waals surface area (Å²) < 4.78 is 0. The smallest absolute Gasteiger partial charge is 0.271 e. The molecule has 0 saturated heterocycles. The maximum Gasteiger partial charge on any atom is 0.271 e. The Morgan fingerprint density at radius 3 is 2.35 bits per heavy atom. The van der Waals surface area contributed by atoms with E-state index >= 15 is 0 Å². The van der Waals surface area contributed by atoms with Gasteiger partial charge < -0.3 is 10.4 Å². The molecule has 0 heterocycles. The van der Waals surface area contributed by atoms with Crippen molar-refractivity contribution in [2.75, 3.05) is 5.32 Å². The summed E-state index contributed by atoms with van der Waals surface area (Å²) >= 11 is 0. The minimum absolute atomic E-state index is 0.0827. The Bertz CT molecular complexity index is 707. The maximum absolute atomic E-state index is 11.9. The first-order valence-electron chi connectivity index (χ1n) is 7.11. The van der Waals surface area contributed by atoms with Gasteiger partial charge >= 0.3 is 0 Å². The molecule has 0 unspecified atom stereocenters. The monoisotopic (exact) mass is 311 g/mol. The predicted octanol–water partition coefficient (Wildman–Crippen LogP) is 2.50. The quantitative estimate of drug-likeness (QED) is 0.585. The molecule has 2 aromatic rings. The third-order valence-electron chi connectivity index (χ3n) is 3.02. The van der Waals surface area contributed by atoms with Crippen molar-refractivity contribution in [2.45, 2.75) is 13.3 Å². The molecule has 0 spiro atoms. The average molecular weight is 311 g/mol. The lowest BCUT2D eigenvalue weighted by molar-refractivity contribution is -0.115. The molecule has 0 atom stereocenters. The van der Waals surface area contributed by atoms with Crippen molar-refractivity contribution < 1.29 is 14.7 Å². The van der Waals surface area contributed by atoms with Crippen molar-refractivity contribution >= 4 is 23.7 Å². The first-order chi connectivity index (χ1) is 11.1. The fraction of sp³-hybridized carbons (Fsp3) is 0.118. The normalized spacial score (nSPS) is 10.5. The van der Waals surface area contributed by atoms with Crippen LogP contribution in [0, 0.1) is 0 Å². The molecule has 118 valence electrons. The number of phenols is 1. The summed E-state index contributed by atoms with van der Waals surface area (Å²) in [5.41, 5.74) is 4.24. The van der Waals surface area contributed by atoms with E-state index in [1.54, 1.807) is 43.3 Å². The Balaban J connectivity index is 1.92. The fourth-order valence-corrected chi connectivity index (χ4v) is 1.74. The topological polar surface area (TPSA) is 90.8 Å². The van der Waals surface area contributed by atoms with Gasteiger partial charge in [0.2, 0.25) is 5.91 Å². The number of aromatic hydroxyl groups is 1. The largest absolute Gasteiger partial charge is 0.508 e. The second kappa shape index (κ2) is 7.74. The van der Waals surface area contributed by atoms with E-state index in [1.165, 1.54) is 18.3 Å². The number of rotatable bonds is 5. The number of hydrazone groups is 1. The molecular weight excluding hydrogens is 294 g/mol. The van der Waals surface area contributed by atoms with Crippen LogP contribution in [-0.4, -0.2) is 23.1 Å². The van der Waals surface area contributed by atoms with Crippen LogP contribution in [-0.2, 0) is 4.79 Å². The molecule has 3 N–H and O–H groups in total. The number of nitrogens with zero attached hydrogens (tertiary/aromatic N) is 1. The molecule has 2 amide bonds. The maximum atomic E-state index is 11.9. The van der Waals surface area contributed by atoms with Gasteiger partial charge in [0.05, 0.1) is 6.21 Å². The van der Waals surface area contributed by atoms with Gasteiger partial charge in [-0.3, -0.25) is 9.59 Å². The Morgan fingerprint density at radius 1 is 1.09 bits per heavy atom. The van der Waals surface area contributed by atoms with Crippen molar-refractivity contribution in [1.29, 1.82) is 0 Å². The molecule has 0 aliphatic carbocycles. The number of carbonyl (C=O) groups excluding carboxylic acids is 2. The number of amides is 2. The van der Waals surface area contributed by atoms with Gasteiger partial charge in [0.15, 0.2) is 0 Å². The minimum Gasteiger partial charge on any atom is -0.508 e. The molecular formula is C17H17N3O3. The van der Waals surface area contributed by atoms with Gasteiger partial charge in [-0.05, 0) is 54.1 Å². The summed E-state index contributed by atoms with van der Waals surface area (Å²) in [7, 11) is 0. The standard InChI is InChI=1S/C17H17N3O3/c1-2-16(22)19-14-7-5-13(6-8-14)17(23)20-18-11-12-3-9-15(21)10-4-12/h3-11,21H,2H2,1H3,(H,19,22)(H,20,23)/b18-11-. The Hall–Kier alpha value is -3.15. The number of hydrogen-bond acceptors (Lipinski definition) is 4. The highest BCUT2D eigenvalue weighted by molar-refractivity contribution is 5.96. The van der Waals surface area contributed by atoms with Crippen LogP contribution in [0.2, 0.25) is 0 Å². The van der Waals surface area contributed by atoms with E-state index in [-0.39, 0.29) is 17.6 Å². The predicted molar refractivity (Wildman–Crippen MR) is 88.5 cm³/mol. The first kappa shape index (κ1) is 16.2. The van der Waals surface area contributed by atoms with Crippen LogP contribution < -0.4 is 10.7 Å². The van der Waals surface area contributed by atoms with Crippen molar-refractivity contribution in [3.8, 4) is 5.75 Å². The summed E-state index contributed by atoms with van der Waals surface area (Å²) in [6, 6.07) is 13.0. The van der Waals surface area contributed by atoms with E-state index in [4.69, 9.17) is 0 Å². The van der Waals surface area contributed by atoms with Gasteiger partial charge in [-0.25, -0.2) is 5.43 Å². The average Bonchev–Trinajstić information content (AvgIpc) is 2.57. The molecule has 0 aliphatic rings. The lowest BCUT2D eigenvalue weighted by atomic mass is 10.2.